The van der Waals surface area contributed by atoms with E-state index in [4.69, 9.17) is 4.52 Å². The summed E-state index contributed by atoms with van der Waals surface area (Å²) in [5.41, 5.74) is -0.0400. The minimum Gasteiger partial charge on any atom is -0.140 e. The van der Waals surface area contributed by atoms with Crippen molar-refractivity contribution in [2.24, 2.45) is 0 Å². The van der Waals surface area contributed by atoms with Gasteiger partial charge in [-0.05, 0) is 30.8 Å². The summed E-state index contributed by atoms with van der Waals surface area (Å²) in [6.07, 6.45) is 7.65. The summed E-state index contributed by atoms with van der Waals surface area (Å²) in [5.74, 6) is 0. The van der Waals surface area contributed by atoms with Gasteiger partial charge in [-0.1, -0.05) is 26.2 Å². The van der Waals surface area contributed by atoms with Gasteiger partial charge in [-0.2, -0.15) is 0 Å². The van der Waals surface area contributed by atoms with Crippen molar-refractivity contribution in [1.29, 1.82) is 0 Å². The molecule has 0 radical (unpaired) electrons. The predicted octanol–water partition coefficient (Wildman–Crippen LogP) is 3.88. The molecule has 1 fully saturated rings. The molecule has 0 aliphatic heterocycles. The van der Waals surface area contributed by atoms with Crippen LogP contribution in [0.3, 0.4) is 0 Å². The highest BCUT2D eigenvalue weighted by Gasteiger charge is 2.38. The molecular formula is C10H20O2P+. The Hall–Kier alpha value is 0.0600. The molecule has 0 amide bonds. The Morgan fingerprint density at radius 1 is 1.23 bits per heavy atom. The summed E-state index contributed by atoms with van der Waals surface area (Å²) in [4.78, 5) is 0. The zero-order valence-electron chi connectivity index (χ0n) is 8.71. The van der Waals surface area contributed by atoms with Crippen molar-refractivity contribution in [2.45, 2.75) is 58.0 Å². The maximum atomic E-state index is 11.4. The van der Waals surface area contributed by atoms with Crippen molar-refractivity contribution >= 4 is 8.03 Å². The SMILES string of the molecule is CC[P+](=O)OC1(CC)CCCCC1. The molecule has 1 saturated carbocycles. The Balaban J connectivity index is 2.52. The Morgan fingerprint density at radius 2 is 1.85 bits per heavy atom. The van der Waals surface area contributed by atoms with E-state index in [1.54, 1.807) is 0 Å². The van der Waals surface area contributed by atoms with Crippen LogP contribution in [0.4, 0.5) is 0 Å². The van der Waals surface area contributed by atoms with E-state index in [1.165, 1.54) is 19.3 Å². The summed E-state index contributed by atoms with van der Waals surface area (Å²) in [5, 5.41) is 0. The molecule has 0 aromatic carbocycles. The van der Waals surface area contributed by atoms with Crippen LogP contribution in [0.2, 0.25) is 0 Å². The molecule has 0 aromatic heterocycles. The fourth-order valence-corrected chi connectivity index (χ4v) is 2.86. The van der Waals surface area contributed by atoms with Gasteiger partial charge in [0.15, 0.2) is 6.16 Å². The Kier molecular flexibility index (Phi) is 4.34. The first-order valence-electron chi connectivity index (χ1n) is 5.36. The lowest BCUT2D eigenvalue weighted by molar-refractivity contribution is 0.0349. The van der Waals surface area contributed by atoms with E-state index in [2.05, 4.69) is 6.92 Å². The second kappa shape index (κ2) is 5.07. The predicted molar refractivity (Wildman–Crippen MR) is 55.3 cm³/mol. The molecule has 2 nitrogen and oxygen atoms in total. The van der Waals surface area contributed by atoms with Crippen LogP contribution >= 0.6 is 8.03 Å². The van der Waals surface area contributed by atoms with Crippen LogP contribution in [0.15, 0.2) is 0 Å². The van der Waals surface area contributed by atoms with E-state index in [1.807, 2.05) is 6.92 Å². The maximum absolute atomic E-state index is 11.4. The van der Waals surface area contributed by atoms with Crippen molar-refractivity contribution in [3.05, 3.63) is 0 Å². The molecule has 1 aliphatic carbocycles. The first kappa shape index (κ1) is 11.1. The van der Waals surface area contributed by atoms with Crippen LogP contribution in [0.5, 0.6) is 0 Å². The summed E-state index contributed by atoms with van der Waals surface area (Å²) in [6, 6.07) is 0. The summed E-state index contributed by atoms with van der Waals surface area (Å²) in [6.45, 7) is 4.06. The third-order valence-electron chi connectivity index (χ3n) is 2.96. The van der Waals surface area contributed by atoms with Gasteiger partial charge in [-0.25, -0.2) is 0 Å². The van der Waals surface area contributed by atoms with Crippen molar-refractivity contribution < 1.29 is 9.09 Å². The van der Waals surface area contributed by atoms with Gasteiger partial charge in [0.1, 0.15) is 5.60 Å². The van der Waals surface area contributed by atoms with E-state index in [9.17, 15) is 4.57 Å². The van der Waals surface area contributed by atoms with Gasteiger partial charge in [-0.3, -0.25) is 0 Å². The lowest BCUT2D eigenvalue weighted by atomic mass is 9.83. The van der Waals surface area contributed by atoms with E-state index in [0.717, 1.165) is 19.3 Å². The largest absolute Gasteiger partial charge is 0.508 e. The van der Waals surface area contributed by atoms with Gasteiger partial charge in [-0.15, -0.1) is 4.52 Å². The van der Waals surface area contributed by atoms with Crippen molar-refractivity contribution in [2.75, 3.05) is 6.16 Å². The van der Waals surface area contributed by atoms with Gasteiger partial charge in [0.05, 0.1) is 0 Å². The Bertz CT molecular complexity index is 174. The Labute approximate surface area is 81.9 Å². The number of hydrogen-bond donors (Lipinski definition) is 0. The topological polar surface area (TPSA) is 26.3 Å². The molecule has 1 aliphatic rings. The second-order valence-electron chi connectivity index (χ2n) is 3.84. The fraction of sp³-hybridized carbons (Fsp3) is 1.00. The molecule has 0 bridgehead atoms. The van der Waals surface area contributed by atoms with Crippen LogP contribution in [-0.4, -0.2) is 11.8 Å². The van der Waals surface area contributed by atoms with Crippen LogP contribution in [0.25, 0.3) is 0 Å². The molecule has 0 heterocycles. The molecule has 0 aromatic rings. The average Bonchev–Trinajstić information content (AvgIpc) is 2.19. The first-order valence-corrected chi connectivity index (χ1v) is 6.72. The zero-order valence-corrected chi connectivity index (χ0v) is 9.61. The van der Waals surface area contributed by atoms with Gasteiger partial charge in [0, 0.05) is 0 Å². The highest BCUT2D eigenvalue weighted by atomic mass is 31.1. The molecule has 1 rings (SSSR count). The van der Waals surface area contributed by atoms with Gasteiger partial charge < -0.3 is 0 Å². The molecule has 76 valence electrons. The molecular weight excluding hydrogens is 183 g/mol. The lowest BCUT2D eigenvalue weighted by Crippen LogP contribution is -2.32. The van der Waals surface area contributed by atoms with Crippen molar-refractivity contribution in [3.8, 4) is 0 Å². The van der Waals surface area contributed by atoms with Gasteiger partial charge in [0.25, 0.3) is 0 Å². The zero-order chi connectivity index (χ0) is 9.73. The highest BCUT2D eigenvalue weighted by Crippen LogP contribution is 2.41. The summed E-state index contributed by atoms with van der Waals surface area (Å²) >= 11 is 0. The summed E-state index contributed by atoms with van der Waals surface area (Å²) < 4.78 is 17.1. The molecule has 3 heteroatoms. The number of hydrogen-bond acceptors (Lipinski definition) is 2. The van der Waals surface area contributed by atoms with E-state index >= 15 is 0 Å². The maximum Gasteiger partial charge on any atom is 0.508 e. The molecule has 13 heavy (non-hydrogen) atoms. The third-order valence-corrected chi connectivity index (χ3v) is 4.07. The molecule has 0 saturated heterocycles. The third kappa shape index (κ3) is 3.03. The van der Waals surface area contributed by atoms with E-state index < -0.39 is 8.03 Å². The van der Waals surface area contributed by atoms with Crippen LogP contribution in [0.1, 0.15) is 52.4 Å². The second-order valence-corrected chi connectivity index (χ2v) is 5.32. The van der Waals surface area contributed by atoms with Crippen molar-refractivity contribution in [1.82, 2.24) is 0 Å². The molecule has 0 N–H and O–H groups in total. The minimum absolute atomic E-state index is 0.0400. The van der Waals surface area contributed by atoms with E-state index in [-0.39, 0.29) is 5.60 Å². The number of rotatable bonds is 4. The molecule has 1 atom stereocenters. The highest BCUT2D eigenvalue weighted by molar-refractivity contribution is 7.39. The normalized spacial score (nSPS) is 22.8. The minimum atomic E-state index is -1.41. The van der Waals surface area contributed by atoms with Crippen LogP contribution in [-0.2, 0) is 9.09 Å². The lowest BCUT2D eigenvalue weighted by Gasteiger charge is -2.30. The van der Waals surface area contributed by atoms with Crippen molar-refractivity contribution in [3.63, 3.8) is 0 Å². The standard InChI is InChI=1S/C10H20O2P/c1-3-10(12-13(11)4-2)8-6-5-7-9-10/h3-9H2,1-2H3/q+1. The van der Waals surface area contributed by atoms with Gasteiger partial charge in [0.2, 0.25) is 0 Å². The monoisotopic (exact) mass is 203 g/mol. The molecule has 1 unspecified atom stereocenters. The van der Waals surface area contributed by atoms with Crippen LogP contribution in [0, 0.1) is 0 Å². The average molecular weight is 203 g/mol. The summed E-state index contributed by atoms with van der Waals surface area (Å²) in [7, 11) is -1.41. The Morgan fingerprint density at radius 3 is 2.31 bits per heavy atom. The van der Waals surface area contributed by atoms with Gasteiger partial charge >= 0.3 is 8.03 Å². The van der Waals surface area contributed by atoms with Crippen LogP contribution < -0.4 is 0 Å². The quantitative estimate of drug-likeness (QED) is 0.648. The van der Waals surface area contributed by atoms with E-state index in [0.29, 0.717) is 6.16 Å². The molecule has 0 spiro atoms. The fourth-order valence-electron chi connectivity index (χ4n) is 1.99. The first-order chi connectivity index (χ1) is 6.22. The smallest absolute Gasteiger partial charge is 0.140 e.